The van der Waals surface area contributed by atoms with E-state index in [1.54, 1.807) is 0 Å². The summed E-state index contributed by atoms with van der Waals surface area (Å²) in [6.07, 6.45) is 3.66. The summed E-state index contributed by atoms with van der Waals surface area (Å²) in [5.74, 6) is -0.853. The zero-order valence-electron chi connectivity index (χ0n) is 13.8. The summed E-state index contributed by atoms with van der Waals surface area (Å²) >= 11 is 0. The molecule has 1 aromatic carbocycles. The van der Waals surface area contributed by atoms with E-state index in [1.807, 2.05) is 6.92 Å². The van der Waals surface area contributed by atoms with Gasteiger partial charge in [-0.2, -0.15) is 4.31 Å². The highest BCUT2D eigenvalue weighted by atomic mass is 32.2. The lowest BCUT2D eigenvalue weighted by molar-refractivity contribution is -0.116. The van der Waals surface area contributed by atoms with E-state index in [2.05, 4.69) is 15.0 Å². The molecule has 0 aliphatic rings. The molecule has 0 bridgehead atoms. The van der Waals surface area contributed by atoms with Crippen molar-refractivity contribution in [3.63, 3.8) is 0 Å². The van der Waals surface area contributed by atoms with Crippen molar-refractivity contribution in [2.75, 3.05) is 18.4 Å². The normalized spacial score (nSPS) is 11.6. The number of hydrogen-bond acceptors (Lipinski definition) is 5. The van der Waals surface area contributed by atoms with E-state index in [1.165, 1.54) is 24.5 Å². The standard InChI is InChI=1S/C16H20FN3O4S/c1-2-3-4-10-20(12-16(21)18-15-9-11-24-19-15)25(22,23)14-7-5-13(17)6-8-14/h5-9,11H,2-4,10,12H2,1H3,(H,18,19,21). The van der Waals surface area contributed by atoms with Crippen molar-refractivity contribution in [2.24, 2.45) is 0 Å². The van der Waals surface area contributed by atoms with Crippen LogP contribution < -0.4 is 5.32 Å². The highest BCUT2D eigenvalue weighted by Crippen LogP contribution is 2.17. The van der Waals surface area contributed by atoms with Crippen LogP contribution in [0.3, 0.4) is 0 Å². The minimum absolute atomic E-state index is 0.0559. The molecular weight excluding hydrogens is 349 g/mol. The van der Waals surface area contributed by atoms with Crippen molar-refractivity contribution in [1.82, 2.24) is 9.46 Å². The summed E-state index contributed by atoms with van der Waals surface area (Å²) < 4.78 is 44.3. The Balaban J connectivity index is 2.15. The van der Waals surface area contributed by atoms with Gasteiger partial charge in [0.2, 0.25) is 15.9 Å². The Labute approximate surface area is 145 Å². The summed E-state index contributed by atoms with van der Waals surface area (Å²) in [6, 6.07) is 5.98. The summed E-state index contributed by atoms with van der Waals surface area (Å²) in [6.45, 7) is 1.83. The molecule has 25 heavy (non-hydrogen) atoms. The van der Waals surface area contributed by atoms with Crippen LogP contribution in [0.25, 0.3) is 0 Å². The van der Waals surface area contributed by atoms with Crippen LogP contribution in [0, 0.1) is 5.82 Å². The van der Waals surface area contributed by atoms with Gasteiger partial charge in [-0.25, -0.2) is 12.8 Å². The van der Waals surface area contributed by atoms with E-state index in [0.29, 0.717) is 6.42 Å². The molecule has 7 nitrogen and oxygen atoms in total. The minimum Gasteiger partial charge on any atom is -0.363 e. The van der Waals surface area contributed by atoms with Gasteiger partial charge in [-0.1, -0.05) is 24.9 Å². The molecular formula is C16H20FN3O4S. The number of sulfonamides is 1. The number of unbranched alkanes of at least 4 members (excludes halogenated alkanes) is 2. The fraction of sp³-hybridized carbons (Fsp3) is 0.375. The molecule has 0 aliphatic heterocycles. The molecule has 1 N–H and O–H groups in total. The first-order valence-electron chi connectivity index (χ1n) is 7.89. The predicted molar refractivity (Wildman–Crippen MR) is 89.8 cm³/mol. The molecule has 136 valence electrons. The summed E-state index contributed by atoms with van der Waals surface area (Å²) in [5, 5.41) is 6.02. The highest BCUT2D eigenvalue weighted by Gasteiger charge is 2.26. The lowest BCUT2D eigenvalue weighted by atomic mass is 10.2. The quantitative estimate of drug-likeness (QED) is 0.686. The Morgan fingerprint density at radius 3 is 2.56 bits per heavy atom. The second-order valence-corrected chi connectivity index (χ2v) is 7.37. The van der Waals surface area contributed by atoms with Crippen LogP contribution in [-0.4, -0.2) is 36.9 Å². The molecule has 1 amide bonds. The largest absolute Gasteiger partial charge is 0.363 e. The fourth-order valence-corrected chi connectivity index (χ4v) is 3.63. The van der Waals surface area contributed by atoms with Crippen molar-refractivity contribution < 1.29 is 22.1 Å². The van der Waals surface area contributed by atoms with E-state index in [4.69, 9.17) is 0 Å². The number of carbonyl (C=O) groups is 1. The van der Waals surface area contributed by atoms with Crippen molar-refractivity contribution in [1.29, 1.82) is 0 Å². The third-order valence-electron chi connectivity index (χ3n) is 3.49. The summed E-state index contributed by atoms with van der Waals surface area (Å²) in [5.41, 5.74) is 0. The van der Waals surface area contributed by atoms with Crippen LogP contribution in [-0.2, 0) is 14.8 Å². The monoisotopic (exact) mass is 369 g/mol. The molecule has 2 rings (SSSR count). The lowest BCUT2D eigenvalue weighted by Gasteiger charge is -2.21. The smallest absolute Gasteiger partial charge is 0.243 e. The van der Waals surface area contributed by atoms with Crippen molar-refractivity contribution >= 4 is 21.7 Å². The van der Waals surface area contributed by atoms with Gasteiger partial charge in [0, 0.05) is 12.6 Å². The number of halogens is 1. The molecule has 0 unspecified atom stereocenters. The van der Waals surface area contributed by atoms with Gasteiger partial charge >= 0.3 is 0 Å². The molecule has 0 saturated heterocycles. The van der Waals surface area contributed by atoms with Gasteiger partial charge in [-0.05, 0) is 30.7 Å². The third kappa shape index (κ3) is 5.36. The van der Waals surface area contributed by atoms with Crippen LogP contribution in [0.15, 0.2) is 46.0 Å². The van der Waals surface area contributed by atoms with Crippen LogP contribution in [0.4, 0.5) is 10.2 Å². The average molecular weight is 369 g/mol. The second kappa shape index (κ2) is 8.72. The molecule has 0 spiro atoms. The van der Waals surface area contributed by atoms with E-state index in [-0.39, 0.29) is 23.8 Å². The van der Waals surface area contributed by atoms with Gasteiger partial charge in [0.15, 0.2) is 5.82 Å². The zero-order chi connectivity index (χ0) is 18.3. The van der Waals surface area contributed by atoms with Gasteiger partial charge in [-0.15, -0.1) is 0 Å². The number of carbonyl (C=O) groups excluding carboxylic acids is 1. The van der Waals surface area contributed by atoms with E-state index in [0.717, 1.165) is 29.3 Å². The molecule has 2 aromatic rings. The number of nitrogens with one attached hydrogen (secondary N) is 1. The van der Waals surface area contributed by atoms with Crippen molar-refractivity contribution in [2.45, 2.75) is 31.1 Å². The third-order valence-corrected chi connectivity index (χ3v) is 5.35. The van der Waals surface area contributed by atoms with Gasteiger partial charge < -0.3 is 9.84 Å². The predicted octanol–water partition coefficient (Wildman–Crippen LogP) is 2.63. The van der Waals surface area contributed by atoms with Gasteiger partial charge in [0.05, 0.1) is 11.4 Å². The van der Waals surface area contributed by atoms with Crippen LogP contribution in [0.2, 0.25) is 0 Å². The lowest BCUT2D eigenvalue weighted by Crippen LogP contribution is -2.38. The second-order valence-electron chi connectivity index (χ2n) is 5.43. The van der Waals surface area contributed by atoms with Crippen molar-refractivity contribution in [3.05, 3.63) is 42.4 Å². The molecule has 1 heterocycles. The van der Waals surface area contributed by atoms with Gasteiger partial charge in [0.25, 0.3) is 0 Å². The number of amides is 1. The first kappa shape index (κ1) is 19.1. The average Bonchev–Trinajstić information content (AvgIpc) is 3.07. The minimum atomic E-state index is -3.91. The van der Waals surface area contributed by atoms with Crippen LogP contribution >= 0.6 is 0 Å². The Bertz CT molecular complexity index is 776. The van der Waals surface area contributed by atoms with Crippen LogP contribution in [0.1, 0.15) is 26.2 Å². The van der Waals surface area contributed by atoms with Crippen molar-refractivity contribution in [3.8, 4) is 0 Å². The Kier molecular flexibility index (Phi) is 6.65. The summed E-state index contributed by atoms with van der Waals surface area (Å²) in [7, 11) is -3.91. The maximum atomic E-state index is 13.1. The summed E-state index contributed by atoms with van der Waals surface area (Å²) in [4.78, 5) is 12.1. The molecule has 0 aliphatic carbocycles. The number of rotatable bonds is 9. The Hall–Kier alpha value is -2.26. The molecule has 0 saturated carbocycles. The molecule has 0 radical (unpaired) electrons. The molecule has 0 fully saturated rings. The van der Waals surface area contributed by atoms with E-state index >= 15 is 0 Å². The first-order chi connectivity index (χ1) is 11.9. The number of nitrogens with zero attached hydrogens (tertiary/aromatic N) is 2. The maximum absolute atomic E-state index is 13.1. The number of hydrogen-bond donors (Lipinski definition) is 1. The Morgan fingerprint density at radius 2 is 1.96 bits per heavy atom. The van der Waals surface area contributed by atoms with Gasteiger partial charge in [-0.3, -0.25) is 4.79 Å². The molecule has 9 heteroatoms. The van der Waals surface area contributed by atoms with E-state index in [9.17, 15) is 17.6 Å². The number of anilines is 1. The topological polar surface area (TPSA) is 92.5 Å². The number of benzene rings is 1. The maximum Gasteiger partial charge on any atom is 0.243 e. The molecule has 0 atom stereocenters. The first-order valence-corrected chi connectivity index (χ1v) is 9.33. The van der Waals surface area contributed by atoms with E-state index < -0.39 is 21.7 Å². The fourth-order valence-electron chi connectivity index (χ4n) is 2.20. The highest BCUT2D eigenvalue weighted by molar-refractivity contribution is 7.89. The Morgan fingerprint density at radius 1 is 1.24 bits per heavy atom. The van der Waals surface area contributed by atoms with Gasteiger partial charge in [0.1, 0.15) is 12.1 Å². The SMILES string of the molecule is CCCCCN(CC(=O)Nc1ccon1)S(=O)(=O)c1ccc(F)cc1. The zero-order valence-corrected chi connectivity index (χ0v) is 14.6. The molecule has 1 aromatic heterocycles. The number of aromatic nitrogens is 1. The van der Waals surface area contributed by atoms with Crippen LogP contribution in [0.5, 0.6) is 0 Å².